The van der Waals surface area contributed by atoms with E-state index in [-0.39, 0.29) is 6.04 Å². The first kappa shape index (κ1) is 14.4. The summed E-state index contributed by atoms with van der Waals surface area (Å²) in [5.41, 5.74) is 3.70. The topological polar surface area (TPSA) is 51.2 Å². The highest BCUT2D eigenvalue weighted by molar-refractivity contribution is 6.31. The number of benzene rings is 1. The summed E-state index contributed by atoms with van der Waals surface area (Å²) < 4.78 is 5.83. The smallest absolute Gasteiger partial charge is 0.134 e. The molecule has 2 rings (SSSR count). The summed E-state index contributed by atoms with van der Waals surface area (Å²) in [6.07, 6.45) is 5.89. The Balaban J connectivity index is 2.07. The number of nitrogens with two attached hydrogens (primary N) is 1. The van der Waals surface area contributed by atoms with Crippen LogP contribution < -0.4 is 11.3 Å². The predicted octanol–water partition coefficient (Wildman–Crippen LogP) is 4.56. The van der Waals surface area contributed by atoms with Gasteiger partial charge in [0.1, 0.15) is 11.3 Å². The van der Waals surface area contributed by atoms with Gasteiger partial charge in [-0.3, -0.25) is 5.84 Å². The lowest BCUT2D eigenvalue weighted by Gasteiger charge is -2.12. The average Bonchev–Trinajstić information content (AvgIpc) is 2.81. The van der Waals surface area contributed by atoms with E-state index in [2.05, 4.69) is 12.3 Å². The quantitative estimate of drug-likeness (QED) is 0.444. The maximum absolute atomic E-state index is 5.98. The molecule has 1 atom stereocenters. The minimum atomic E-state index is 0.0723. The van der Waals surface area contributed by atoms with Gasteiger partial charge in [-0.1, -0.05) is 44.2 Å². The van der Waals surface area contributed by atoms with E-state index in [0.717, 1.165) is 34.6 Å². The van der Waals surface area contributed by atoms with Crippen molar-refractivity contribution in [3.63, 3.8) is 0 Å². The molecule has 3 N–H and O–H groups in total. The number of rotatable bonds is 7. The maximum Gasteiger partial charge on any atom is 0.134 e. The lowest BCUT2D eigenvalue weighted by Crippen LogP contribution is -2.27. The van der Waals surface area contributed by atoms with Gasteiger partial charge in [0.25, 0.3) is 0 Å². The normalized spacial score (nSPS) is 13.0. The Morgan fingerprint density at radius 1 is 1.26 bits per heavy atom. The zero-order valence-electron chi connectivity index (χ0n) is 11.3. The molecule has 0 aliphatic heterocycles. The Bertz CT molecular complexity index is 524. The molecule has 19 heavy (non-hydrogen) atoms. The van der Waals surface area contributed by atoms with Crippen molar-refractivity contribution >= 4 is 22.6 Å². The predicted molar refractivity (Wildman–Crippen MR) is 80.0 cm³/mol. The summed E-state index contributed by atoms with van der Waals surface area (Å²) in [6, 6.07) is 7.73. The maximum atomic E-state index is 5.98. The third-order valence-electron chi connectivity index (χ3n) is 3.39. The summed E-state index contributed by atoms with van der Waals surface area (Å²) in [5.74, 6) is 6.52. The molecule has 3 nitrogen and oxygen atoms in total. The van der Waals surface area contributed by atoms with Crippen LogP contribution >= 0.6 is 11.6 Å². The van der Waals surface area contributed by atoms with E-state index in [1.807, 2.05) is 24.3 Å². The van der Waals surface area contributed by atoms with E-state index in [1.165, 1.54) is 19.3 Å². The molecule has 104 valence electrons. The van der Waals surface area contributed by atoms with Gasteiger partial charge in [0, 0.05) is 10.4 Å². The highest BCUT2D eigenvalue weighted by Crippen LogP contribution is 2.28. The van der Waals surface area contributed by atoms with Gasteiger partial charge in [0.15, 0.2) is 0 Å². The fraction of sp³-hybridized carbons (Fsp3) is 0.467. The molecule has 2 aromatic rings. The van der Waals surface area contributed by atoms with Gasteiger partial charge < -0.3 is 4.42 Å². The first-order valence-electron chi connectivity index (χ1n) is 6.89. The Hall–Kier alpha value is -1.03. The monoisotopic (exact) mass is 280 g/mol. The summed E-state index contributed by atoms with van der Waals surface area (Å²) >= 11 is 5.98. The second kappa shape index (κ2) is 6.94. The average molecular weight is 281 g/mol. The molecule has 1 aromatic heterocycles. The van der Waals surface area contributed by atoms with Crippen molar-refractivity contribution in [1.82, 2.24) is 5.43 Å². The van der Waals surface area contributed by atoms with Crippen molar-refractivity contribution in [3.8, 4) is 0 Å². The minimum absolute atomic E-state index is 0.0723. The number of halogens is 1. The molecule has 0 amide bonds. The lowest BCUT2D eigenvalue weighted by atomic mass is 10.1. The fourth-order valence-electron chi connectivity index (χ4n) is 2.29. The second-order valence-corrected chi connectivity index (χ2v) is 5.34. The molecule has 0 fully saturated rings. The highest BCUT2D eigenvalue weighted by atomic mass is 35.5. The van der Waals surface area contributed by atoms with Gasteiger partial charge in [-0.05, 0) is 30.7 Å². The fourth-order valence-corrected chi connectivity index (χ4v) is 2.47. The van der Waals surface area contributed by atoms with Crippen LogP contribution in [0.4, 0.5) is 0 Å². The minimum Gasteiger partial charge on any atom is -0.459 e. The van der Waals surface area contributed by atoms with Crippen LogP contribution in [0, 0.1) is 0 Å². The molecule has 0 aliphatic carbocycles. The van der Waals surface area contributed by atoms with Crippen LogP contribution in [-0.4, -0.2) is 0 Å². The molecule has 1 heterocycles. The molecule has 0 bridgehead atoms. The number of unbranched alkanes of at least 4 members (excludes halogenated alkanes) is 3. The molecule has 0 spiro atoms. The number of nitrogens with one attached hydrogen (secondary N) is 1. The highest BCUT2D eigenvalue weighted by Gasteiger charge is 2.14. The van der Waals surface area contributed by atoms with Crippen molar-refractivity contribution in [1.29, 1.82) is 0 Å². The SMILES string of the molecule is CCCCCCC(NN)c1cc2cc(Cl)ccc2o1. The third kappa shape index (κ3) is 3.72. The summed E-state index contributed by atoms with van der Waals surface area (Å²) in [6.45, 7) is 2.21. The third-order valence-corrected chi connectivity index (χ3v) is 3.62. The molecule has 4 heteroatoms. The van der Waals surface area contributed by atoms with Gasteiger partial charge in [-0.15, -0.1) is 0 Å². The zero-order valence-corrected chi connectivity index (χ0v) is 12.0. The largest absolute Gasteiger partial charge is 0.459 e. The molecule has 0 saturated carbocycles. The molecular weight excluding hydrogens is 260 g/mol. The van der Waals surface area contributed by atoms with Gasteiger partial charge in [0.2, 0.25) is 0 Å². The molecular formula is C15H21ClN2O. The van der Waals surface area contributed by atoms with Crippen molar-refractivity contribution < 1.29 is 4.42 Å². The standard InChI is InChI=1S/C15H21ClN2O/c1-2-3-4-5-6-13(18-17)15-10-11-9-12(16)7-8-14(11)19-15/h7-10,13,18H,2-6,17H2,1H3. The van der Waals surface area contributed by atoms with Gasteiger partial charge in [-0.25, -0.2) is 5.43 Å². The molecule has 1 aromatic carbocycles. The van der Waals surface area contributed by atoms with E-state index in [9.17, 15) is 0 Å². The molecule has 0 aliphatic rings. The van der Waals surface area contributed by atoms with Crippen LogP contribution in [0.1, 0.15) is 50.8 Å². The van der Waals surface area contributed by atoms with Gasteiger partial charge in [-0.2, -0.15) is 0 Å². The Morgan fingerprint density at radius 3 is 2.84 bits per heavy atom. The molecule has 0 saturated heterocycles. The van der Waals surface area contributed by atoms with E-state index in [4.69, 9.17) is 21.9 Å². The first-order valence-corrected chi connectivity index (χ1v) is 7.27. The van der Waals surface area contributed by atoms with E-state index in [1.54, 1.807) is 0 Å². The lowest BCUT2D eigenvalue weighted by molar-refractivity contribution is 0.403. The Labute approximate surface area is 119 Å². The van der Waals surface area contributed by atoms with Crippen LogP contribution in [0.15, 0.2) is 28.7 Å². The van der Waals surface area contributed by atoms with E-state index >= 15 is 0 Å². The Kier molecular flexibility index (Phi) is 5.25. The van der Waals surface area contributed by atoms with E-state index < -0.39 is 0 Å². The van der Waals surface area contributed by atoms with Crippen molar-refractivity contribution in [2.45, 2.75) is 45.1 Å². The second-order valence-electron chi connectivity index (χ2n) is 4.90. The van der Waals surface area contributed by atoms with Crippen LogP contribution in [0.3, 0.4) is 0 Å². The van der Waals surface area contributed by atoms with Crippen molar-refractivity contribution in [2.75, 3.05) is 0 Å². The summed E-state index contributed by atoms with van der Waals surface area (Å²) in [4.78, 5) is 0. The Morgan fingerprint density at radius 2 is 2.11 bits per heavy atom. The van der Waals surface area contributed by atoms with E-state index in [0.29, 0.717) is 0 Å². The summed E-state index contributed by atoms with van der Waals surface area (Å²) in [5, 5.41) is 1.75. The van der Waals surface area contributed by atoms with Crippen LogP contribution in [0.2, 0.25) is 5.02 Å². The van der Waals surface area contributed by atoms with Gasteiger partial charge >= 0.3 is 0 Å². The molecule has 0 radical (unpaired) electrons. The van der Waals surface area contributed by atoms with Crippen LogP contribution in [0.25, 0.3) is 11.0 Å². The number of fused-ring (bicyclic) bond motifs is 1. The summed E-state index contributed by atoms with van der Waals surface area (Å²) in [7, 11) is 0. The number of hydrogen-bond acceptors (Lipinski definition) is 3. The number of furan rings is 1. The zero-order chi connectivity index (χ0) is 13.7. The number of hydrazine groups is 1. The van der Waals surface area contributed by atoms with Crippen LogP contribution in [0.5, 0.6) is 0 Å². The number of hydrogen-bond donors (Lipinski definition) is 2. The van der Waals surface area contributed by atoms with Crippen molar-refractivity contribution in [3.05, 3.63) is 35.0 Å². The molecule has 1 unspecified atom stereocenters. The van der Waals surface area contributed by atoms with Crippen LogP contribution in [-0.2, 0) is 0 Å². The first-order chi connectivity index (χ1) is 9.24. The van der Waals surface area contributed by atoms with Crippen molar-refractivity contribution in [2.24, 2.45) is 5.84 Å². The van der Waals surface area contributed by atoms with Gasteiger partial charge in [0.05, 0.1) is 6.04 Å².